The fourth-order valence-electron chi connectivity index (χ4n) is 2.10. The predicted molar refractivity (Wildman–Crippen MR) is 82.6 cm³/mol. The van der Waals surface area contributed by atoms with Gasteiger partial charge in [-0.1, -0.05) is 6.07 Å². The van der Waals surface area contributed by atoms with Crippen LogP contribution in [0.15, 0.2) is 22.7 Å². The standard InChI is InChI=1S/C15H18BrNO3/c1-9-13(16)12-10(7-6-8-11(12)19-5)17(9)14(18)20-15(2,3)4/h6-8H,1-5H3. The third-order valence-corrected chi connectivity index (χ3v) is 3.88. The SMILES string of the molecule is COc1cccc2c1c(Br)c(C)n2C(=O)OC(C)(C)C. The molecule has 108 valence electrons. The summed E-state index contributed by atoms with van der Waals surface area (Å²) in [5.41, 5.74) is 1.02. The van der Waals surface area contributed by atoms with Crippen molar-refractivity contribution in [1.82, 2.24) is 4.57 Å². The van der Waals surface area contributed by atoms with Crippen LogP contribution in [0.2, 0.25) is 0 Å². The number of ether oxygens (including phenoxy) is 2. The molecule has 1 aromatic heterocycles. The van der Waals surface area contributed by atoms with Gasteiger partial charge in [-0.3, -0.25) is 0 Å². The Morgan fingerprint density at radius 1 is 1.30 bits per heavy atom. The lowest BCUT2D eigenvalue weighted by molar-refractivity contribution is 0.0541. The van der Waals surface area contributed by atoms with Gasteiger partial charge in [0.15, 0.2) is 0 Å². The van der Waals surface area contributed by atoms with Crippen molar-refractivity contribution in [2.24, 2.45) is 0 Å². The van der Waals surface area contributed by atoms with E-state index in [1.807, 2.05) is 45.9 Å². The van der Waals surface area contributed by atoms with Gasteiger partial charge in [0.1, 0.15) is 11.4 Å². The van der Waals surface area contributed by atoms with Crippen molar-refractivity contribution in [3.63, 3.8) is 0 Å². The molecule has 0 bridgehead atoms. The summed E-state index contributed by atoms with van der Waals surface area (Å²) in [6.45, 7) is 7.41. The lowest BCUT2D eigenvalue weighted by Crippen LogP contribution is -2.27. The number of hydrogen-bond acceptors (Lipinski definition) is 3. The van der Waals surface area contributed by atoms with E-state index in [0.29, 0.717) is 0 Å². The topological polar surface area (TPSA) is 40.5 Å². The molecule has 0 aliphatic heterocycles. The second kappa shape index (κ2) is 5.13. The molecular formula is C15H18BrNO3. The van der Waals surface area contributed by atoms with Gasteiger partial charge in [0, 0.05) is 5.69 Å². The minimum absolute atomic E-state index is 0.390. The molecule has 5 heteroatoms. The number of fused-ring (bicyclic) bond motifs is 1. The van der Waals surface area contributed by atoms with Crippen LogP contribution in [0.25, 0.3) is 10.9 Å². The van der Waals surface area contributed by atoms with Gasteiger partial charge >= 0.3 is 6.09 Å². The molecule has 0 saturated carbocycles. The van der Waals surface area contributed by atoms with Crippen LogP contribution in [-0.4, -0.2) is 23.4 Å². The van der Waals surface area contributed by atoms with Gasteiger partial charge in [0.2, 0.25) is 0 Å². The number of rotatable bonds is 1. The number of carbonyl (C=O) groups is 1. The maximum absolute atomic E-state index is 12.4. The van der Waals surface area contributed by atoms with Crippen LogP contribution in [0.4, 0.5) is 4.79 Å². The van der Waals surface area contributed by atoms with Gasteiger partial charge in [-0.05, 0) is 55.8 Å². The lowest BCUT2D eigenvalue weighted by Gasteiger charge is -2.20. The third kappa shape index (κ3) is 2.54. The smallest absolute Gasteiger partial charge is 0.419 e. The summed E-state index contributed by atoms with van der Waals surface area (Å²) < 4.78 is 13.2. The van der Waals surface area contributed by atoms with E-state index in [2.05, 4.69) is 15.9 Å². The van der Waals surface area contributed by atoms with Crippen molar-refractivity contribution in [2.75, 3.05) is 7.11 Å². The van der Waals surface area contributed by atoms with E-state index in [9.17, 15) is 4.79 Å². The number of nitrogens with zero attached hydrogens (tertiary/aromatic N) is 1. The highest BCUT2D eigenvalue weighted by Crippen LogP contribution is 2.37. The molecule has 0 radical (unpaired) electrons. The Labute approximate surface area is 126 Å². The van der Waals surface area contributed by atoms with Crippen LogP contribution < -0.4 is 4.74 Å². The maximum atomic E-state index is 12.4. The molecule has 1 heterocycles. The van der Waals surface area contributed by atoms with Crippen LogP contribution in [0.5, 0.6) is 5.75 Å². The van der Waals surface area contributed by atoms with E-state index in [0.717, 1.165) is 26.8 Å². The van der Waals surface area contributed by atoms with Crippen molar-refractivity contribution in [3.8, 4) is 5.75 Å². The Balaban J connectivity index is 2.66. The summed E-state index contributed by atoms with van der Waals surface area (Å²) in [5.74, 6) is 0.722. The first kappa shape index (κ1) is 14.9. The second-order valence-electron chi connectivity index (χ2n) is 5.57. The van der Waals surface area contributed by atoms with Crippen molar-refractivity contribution < 1.29 is 14.3 Å². The van der Waals surface area contributed by atoms with E-state index in [1.165, 1.54) is 0 Å². The quantitative estimate of drug-likeness (QED) is 0.767. The monoisotopic (exact) mass is 339 g/mol. The maximum Gasteiger partial charge on any atom is 0.419 e. The van der Waals surface area contributed by atoms with E-state index in [4.69, 9.17) is 9.47 Å². The Morgan fingerprint density at radius 2 is 1.95 bits per heavy atom. The molecule has 0 aliphatic carbocycles. The number of benzene rings is 1. The number of halogens is 1. The fraction of sp³-hybridized carbons (Fsp3) is 0.400. The Morgan fingerprint density at radius 3 is 2.50 bits per heavy atom. The highest BCUT2D eigenvalue weighted by atomic mass is 79.9. The summed E-state index contributed by atoms with van der Waals surface area (Å²) in [7, 11) is 1.61. The van der Waals surface area contributed by atoms with Gasteiger partial charge in [-0.25, -0.2) is 9.36 Å². The fourth-order valence-corrected chi connectivity index (χ4v) is 2.68. The Hall–Kier alpha value is -1.49. The number of hydrogen-bond donors (Lipinski definition) is 0. The molecule has 1 aromatic carbocycles. The van der Waals surface area contributed by atoms with Crippen LogP contribution in [0.1, 0.15) is 26.5 Å². The van der Waals surface area contributed by atoms with Gasteiger partial charge in [-0.2, -0.15) is 0 Å². The summed E-state index contributed by atoms with van der Waals surface area (Å²) in [6.07, 6.45) is -0.390. The minimum Gasteiger partial charge on any atom is -0.496 e. The Kier molecular flexibility index (Phi) is 3.82. The zero-order valence-corrected chi connectivity index (χ0v) is 13.9. The zero-order chi connectivity index (χ0) is 15.1. The first-order valence-corrected chi connectivity index (χ1v) is 7.12. The zero-order valence-electron chi connectivity index (χ0n) is 12.3. The molecule has 4 nitrogen and oxygen atoms in total. The predicted octanol–water partition coefficient (Wildman–Crippen LogP) is 4.50. The summed E-state index contributed by atoms with van der Waals surface area (Å²) >= 11 is 3.53. The van der Waals surface area contributed by atoms with Crippen molar-refractivity contribution in [2.45, 2.75) is 33.3 Å². The molecular weight excluding hydrogens is 322 g/mol. The number of methoxy groups -OCH3 is 1. The molecule has 2 aromatic rings. The van der Waals surface area contributed by atoms with Crippen LogP contribution in [-0.2, 0) is 4.74 Å². The molecule has 0 fully saturated rings. The Bertz CT molecular complexity index is 668. The van der Waals surface area contributed by atoms with E-state index >= 15 is 0 Å². The molecule has 0 unspecified atom stereocenters. The third-order valence-electron chi connectivity index (χ3n) is 2.91. The van der Waals surface area contributed by atoms with Crippen molar-refractivity contribution in [3.05, 3.63) is 28.4 Å². The molecule has 0 saturated heterocycles. The van der Waals surface area contributed by atoms with E-state index in [1.54, 1.807) is 11.7 Å². The molecule has 0 amide bonds. The van der Waals surface area contributed by atoms with Gasteiger partial charge in [0.05, 0.1) is 22.5 Å². The highest BCUT2D eigenvalue weighted by molar-refractivity contribution is 9.10. The molecule has 0 atom stereocenters. The largest absolute Gasteiger partial charge is 0.496 e. The second-order valence-corrected chi connectivity index (χ2v) is 6.36. The highest BCUT2D eigenvalue weighted by Gasteiger charge is 2.24. The van der Waals surface area contributed by atoms with Crippen LogP contribution in [0.3, 0.4) is 0 Å². The molecule has 0 aliphatic rings. The summed E-state index contributed by atoms with van der Waals surface area (Å²) in [5, 5.41) is 0.873. The van der Waals surface area contributed by atoms with Crippen molar-refractivity contribution >= 4 is 32.9 Å². The van der Waals surface area contributed by atoms with E-state index < -0.39 is 5.60 Å². The molecule has 0 N–H and O–H groups in total. The van der Waals surface area contributed by atoms with E-state index in [-0.39, 0.29) is 6.09 Å². The van der Waals surface area contributed by atoms with Gasteiger partial charge in [-0.15, -0.1) is 0 Å². The average molecular weight is 340 g/mol. The average Bonchev–Trinajstić information content (AvgIpc) is 2.60. The molecule has 20 heavy (non-hydrogen) atoms. The molecule has 2 rings (SSSR count). The van der Waals surface area contributed by atoms with Crippen LogP contribution in [0, 0.1) is 6.92 Å². The first-order valence-electron chi connectivity index (χ1n) is 6.33. The first-order chi connectivity index (χ1) is 9.26. The molecule has 0 spiro atoms. The number of aromatic nitrogens is 1. The van der Waals surface area contributed by atoms with Gasteiger partial charge in [0.25, 0.3) is 0 Å². The number of carbonyl (C=O) groups excluding carboxylic acids is 1. The minimum atomic E-state index is -0.536. The van der Waals surface area contributed by atoms with Crippen molar-refractivity contribution in [1.29, 1.82) is 0 Å². The normalized spacial score (nSPS) is 11.7. The summed E-state index contributed by atoms with van der Waals surface area (Å²) in [6, 6.07) is 5.60. The summed E-state index contributed by atoms with van der Waals surface area (Å²) in [4.78, 5) is 12.4. The lowest BCUT2D eigenvalue weighted by atomic mass is 10.2. The van der Waals surface area contributed by atoms with Gasteiger partial charge < -0.3 is 9.47 Å². The van der Waals surface area contributed by atoms with Crippen LogP contribution >= 0.6 is 15.9 Å².